The van der Waals surface area contributed by atoms with E-state index in [1.807, 2.05) is 0 Å². The van der Waals surface area contributed by atoms with Gasteiger partial charge < -0.3 is 28.9 Å². The van der Waals surface area contributed by atoms with Crippen LogP contribution in [0.15, 0.2) is 33.9 Å². The number of ether oxygens (including phenoxy) is 2. The van der Waals surface area contributed by atoms with Gasteiger partial charge in [0.25, 0.3) is 5.56 Å². The van der Waals surface area contributed by atoms with E-state index in [-0.39, 0.29) is 13.2 Å². The fraction of sp³-hybridized carbons (Fsp3) is 0.522. The van der Waals surface area contributed by atoms with Crippen LogP contribution in [-0.2, 0) is 20.6 Å². The number of aliphatic hydroxyl groups is 1. The molecule has 1 atom stereocenters. The summed E-state index contributed by atoms with van der Waals surface area (Å²) in [6.45, 7) is 6.46. The molecule has 4 rings (SSSR count). The van der Waals surface area contributed by atoms with Crippen molar-refractivity contribution in [1.82, 2.24) is 23.6 Å². The maximum atomic E-state index is 13.1. The van der Waals surface area contributed by atoms with Crippen molar-refractivity contribution >= 4 is 17.1 Å². The third-order valence-electron chi connectivity index (χ3n) is 6.33. The summed E-state index contributed by atoms with van der Waals surface area (Å²) in [6.07, 6.45) is -0.905. The Balaban J connectivity index is 1.64. The molecule has 34 heavy (non-hydrogen) atoms. The quantitative estimate of drug-likeness (QED) is 0.489. The summed E-state index contributed by atoms with van der Waals surface area (Å²) in [7, 11) is 4.64. The molecule has 1 saturated heterocycles. The number of hydrogen-bond acceptors (Lipinski definition) is 8. The molecule has 11 nitrogen and oxygen atoms in total. The minimum Gasteiger partial charge on any atom is -0.497 e. The Morgan fingerprint density at radius 2 is 1.68 bits per heavy atom. The average Bonchev–Trinajstić information content (AvgIpc) is 3.24. The van der Waals surface area contributed by atoms with Crippen LogP contribution in [0.1, 0.15) is 6.92 Å². The molecule has 0 bridgehead atoms. The number of anilines is 1. The van der Waals surface area contributed by atoms with Gasteiger partial charge in [-0.15, -0.1) is 0 Å². The van der Waals surface area contributed by atoms with Gasteiger partial charge in [-0.1, -0.05) is 6.92 Å². The molecule has 3 aromatic rings. The van der Waals surface area contributed by atoms with E-state index in [0.29, 0.717) is 28.6 Å². The van der Waals surface area contributed by atoms with Crippen molar-refractivity contribution < 1.29 is 14.6 Å². The van der Waals surface area contributed by atoms with Gasteiger partial charge >= 0.3 is 5.69 Å². The highest BCUT2D eigenvalue weighted by Crippen LogP contribution is 2.22. The number of methoxy groups -OCH3 is 1. The Morgan fingerprint density at radius 1 is 1.03 bits per heavy atom. The molecule has 0 aliphatic carbocycles. The van der Waals surface area contributed by atoms with Crippen molar-refractivity contribution in [3.05, 3.63) is 45.1 Å². The first-order chi connectivity index (χ1) is 16.3. The van der Waals surface area contributed by atoms with Gasteiger partial charge in [0.15, 0.2) is 11.2 Å². The summed E-state index contributed by atoms with van der Waals surface area (Å²) in [5.74, 6) is 1.89. The maximum Gasteiger partial charge on any atom is 0.332 e. The van der Waals surface area contributed by atoms with E-state index in [0.717, 1.165) is 37.3 Å². The number of rotatable bonds is 8. The largest absolute Gasteiger partial charge is 0.497 e. The third kappa shape index (κ3) is 4.53. The van der Waals surface area contributed by atoms with E-state index in [2.05, 4.69) is 16.7 Å². The molecule has 0 amide bonds. The Kier molecular flexibility index (Phi) is 6.94. The summed E-state index contributed by atoms with van der Waals surface area (Å²) in [5.41, 5.74) is -0.273. The Hall–Kier alpha value is -3.31. The monoisotopic (exact) mass is 472 g/mol. The van der Waals surface area contributed by atoms with E-state index in [9.17, 15) is 14.7 Å². The minimum absolute atomic E-state index is 0.0289. The number of imidazole rings is 1. The zero-order chi connectivity index (χ0) is 24.4. The summed E-state index contributed by atoms with van der Waals surface area (Å²) in [5, 5.41) is 10.8. The van der Waals surface area contributed by atoms with E-state index < -0.39 is 17.4 Å². The first kappa shape index (κ1) is 23.8. The molecule has 1 N–H and O–H groups in total. The molecule has 1 aliphatic rings. The van der Waals surface area contributed by atoms with E-state index in [1.54, 1.807) is 43.0 Å². The number of aryl methyl sites for hydroxylation is 1. The van der Waals surface area contributed by atoms with Crippen LogP contribution in [0.3, 0.4) is 0 Å². The standard InChI is InChI=1S/C23H32N6O5/c1-5-27-10-12-28(13-11-27)22-24-20-19(21(31)26(3)23(32)25(20)2)29(22)14-16(30)15-34-18-8-6-17(33-4)7-9-18/h6-9,16,30H,5,10-15H2,1-4H3/t16-/m1/s1. The molecule has 2 aromatic heterocycles. The number of fused-ring (bicyclic) bond motifs is 1. The van der Waals surface area contributed by atoms with Crippen molar-refractivity contribution in [3.63, 3.8) is 0 Å². The zero-order valence-corrected chi connectivity index (χ0v) is 20.1. The molecule has 0 saturated carbocycles. The third-order valence-corrected chi connectivity index (χ3v) is 6.33. The number of hydrogen-bond donors (Lipinski definition) is 1. The SMILES string of the molecule is CCN1CCN(c2nc3c(c(=O)n(C)c(=O)n3C)n2C[C@@H](O)COc2ccc(OC)cc2)CC1. The second-order valence-electron chi connectivity index (χ2n) is 8.46. The molecule has 0 radical (unpaired) electrons. The van der Waals surface area contributed by atoms with Crippen molar-refractivity contribution in [2.75, 3.05) is 51.3 Å². The van der Waals surface area contributed by atoms with Gasteiger partial charge in [0.1, 0.15) is 24.2 Å². The predicted octanol–water partition coefficient (Wildman–Crippen LogP) is 0.0241. The van der Waals surface area contributed by atoms with Gasteiger partial charge in [-0.25, -0.2) is 4.79 Å². The Bertz CT molecular complexity index is 1250. The number of benzene rings is 1. The Morgan fingerprint density at radius 3 is 2.29 bits per heavy atom. The van der Waals surface area contributed by atoms with Crippen molar-refractivity contribution in [2.24, 2.45) is 14.1 Å². The molecule has 1 aliphatic heterocycles. The van der Waals surface area contributed by atoms with E-state index >= 15 is 0 Å². The maximum absolute atomic E-state index is 13.1. The van der Waals surface area contributed by atoms with Crippen LogP contribution in [0.25, 0.3) is 11.2 Å². The van der Waals surface area contributed by atoms with Crippen molar-refractivity contribution in [3.8, 4) is 11.5 Å². The second kappa shape index (κ2) is 9.90. The van der Waals surface area contributed by atoms with Crippen LogP contribution in [0.5, 0.6) is 11.5 Å². The van der Waals surface area contributed by atoms with Gasteiger partial charge in [0.05, 0.1) is 13.7 Å². The summed E-state index contributed by atoms with van der Waals surface area (Å²) in [6, 6.07) is 7.09. The summed E-state index contributed by atoms with van der Waals surface area (Å²) in [4.78, 5) is 34.7. The molecule has 0 spiro atoms. The lowest BCUT2D eigenvalue weighted by Crippen LogP contribution is -2.47. The van der Waals surface area contributed by atoms with Crippen LogP contribution in [-0.4, -0.2) is 81.2 Å². The lowest BCUT2D eigenvalue weighted by Gasteiger charge is -2.35. The predicted molar refractivity (Wildman–Crippen MR) is 129 cm³/mol. The topological polar surface area (TPSA) is 107 Å². The first-order valence-electron chi connectivity index (χ1n) is 11.4. The van der Waals surface area contributed by atoms with E-state index in [4.69, 9.17) is 14.5 Å². The Labute approximate surface area is 197 Å². The molecule has 184 valence electrons. The summed E-state index contributed by atoms with van der Waals surface area (Å²) < 4.78 is 15.1. The number of nitrogens with zero attached hydrogens (tertiary/aromatic N) is 6. The van der Waals surface area contributed by atoms with Gasteiger partial charge in [-0.05, 0) is 30.8 Å². The first-order valence-corrected chi connectivity index (χ1v) is 11.4. The highest BCUT2D eigenvalue weighted by molar-refractivity contribution is 5.74. The lowest BCUT2D eigenvalue weighted by atomic mass is 10.3. The lowest BCUT2D eigenvalue weighted by molar-refractivity contribution is 0.0935. The van der Waals surface area contributed by atoms with Crippen LogP contribution in [0.2, 0.25) is 0 Å². The van der Waals surface area contributed by atoms with Crippen LogP contribution in [0.4, 0.5) is 5.95 Å². The fourth-order valence-electron chi connectivity index (χ4n) is 4.24. The molecule has 3 heterocycles. The molecule has 0 unspecified atom stereocenters. The second-order valence-corrected chi connectivity index (χ2v) is 8.46. The van der Waals surface area contributed by atoms with Crippen molar-refractivity contribution in [1.29, 1.82) is 0 Å². The number of aromatic nitrogens is 4. The molecular formula is C23H32N6O5. The molecule has 11 heteroatoms. The highest BCUT2D eigenvalue weighted by Gasteiger charge is 2.26. The fourth-order valence-corrected chi connectivity index (χ4v) is 4.24. The van der Waals surface area contributed by atoms with Gasteiger partial charge in [0, 0.05) is 40.3 Å². The minimum atomic E-state index is -0.905. The zero-order valence-electron chi connectivity index (χ0n) is 20.1. The van der Waals surface area contributed by atoms with E-state index in [1.165, 1.54) is 11.6 Å². The summed E-state index contributed by atoms with van der Waals surface area (Å²) >= 11 is 0. The highest BCUT2D eigenvalue weighted by atomic mass is 16.5. The number of likely N-dealkylation sites (N-methyl/N-ethyl adjacent to an activating group) is 1. The van der Waals surface area contributed by atoms with Crippen molar-refractivity contribution in [2.45, 2.75) is 19.6 Å². The van der Waals surface area contributed by atoms with Gasteiger partial charge in [-0.3, -0.25) is 13.9 Å². The van der Waals surface area contributed by atoms with Gasteiger partial charge in [-0.2, -0.15) is 4.98 Å². The van der Waals surface area contributed by atoms with Crippen LogP contribution in [0, 0.1) is 0 Å². The molecular weight excluding hydrogens is 440 g/mol. The van der Waals surface area contributed by atoms with Crippen LogP contribution < -0.4 is 25.6 Å². The molecule has 1 fully saturated rings. The van der Waals surface area contributed by atoms with Gasteiger partial charge in [0.2, 0.25) is 5.95 Å². The number of aliphatic hydroxyl groups excluding tert-OH is 1. The normalized spacial score (nSPS) is 15.6. The number of piperazine rings is 1. The van der Waals surface area contributed by atoms with Crippen LogP contribution >= 0.6 is 0 Å². The smallest absolute Gasteiger partial charge is 0.332 e. The average molecular weight is 473 g/mol. The molecule has 1 aromatic carbocycles.